The van der Waals surface area contributed by atoms with E-state index in [4.69, 9.17) is 0 Å². The van der Waals surface area contributed by atoms with Gasteiger partial charge >= 0.3 is 6.18 Å². The fourth-order valence-electron chi connectivity index (χ4n) is 2.41. The van der Waals surface area contributed by atoms with Gasteiger partial charge in [0.05, 0.1) is 12.1 Å². The molecular formula is C14H19F3N4O. The van der Waals surface area contributed by atoms with E-state index in [9.17, 15) is 18.0 Å². The molecule has 0 saturated carbocycles. The molecule has 1 aromatic heterocycles. The van der Waals surface area contributed by atoms with E-state index in [1.165, 1.54) is 12.3 Å². The van der Waals surface area contributed by atoms with Gasteiger partial charge in [-0.15, -0.1) is 0 Å². The van der Waals surface area contributed by atoms with E-state index >= 15 is 0 Å². The Morgan fingerprint density at radius 2 is 1.91 bits per heavy atom. The summed E-state index contributed by atoms with van der Waals surface area (Å²) in [6.07, 6.45) is -3.07. The van der Waals surface area contributed by atoms with E-state index in [-0.39, 0.29) is 11.7 Å². The highest BCUT2D eigenvalue weighted by Gasteiger charge is 2.36. The molecule has 0 bridgehead atoms. The van der Waals surface area contributed by atoms with Crippen LogP contribution in [0.3, 0.4) is 0 Å². The molecule has 0 N–H and O–H groups in total. The van der Waals surface area contributed by atoms with Crippen molar-refractivity contribution in [3.8, 4) is 0 Å². The molecule has 1 fully saturated rings. The molecule has 1 amide bonds. The third kappa shape index (κ3) is 3.88. The molecule has 1 saturated heterocycles. The Morgan fingerprint density at radius 3 is 2.45 bits per heavy atom. The minimum Gasteiger partial charge on any atom is -0.353 e. The van der Waals surface area contributed by atoms with Crippen molar-refractivity contribution in [2.24, 2.45) is 0 Å². The number of piperazine rings is 1. The Kier molecular flexibility index (Phi) is 4.90. The molecule has 0 unspecified atom stereocenters. The van der Waals surface area contributed by atoms with Crippen molar-refractivity contribution in [3.63, 3.8) is 0 Å². The number of carbonyl (C=O) groups is 1. The first-order valence-electron chi connectivity index (χ1n) is 6.98. The molecule has 1 aromatic rings. The highest BCUT2D eigenvalue weighted by Crippen LogP contribution is 2.35. The Morgan fingerprint density at radius 1 is 1.27 bits per heavy atom. The number of anilines is 1. The van der Waals surface area contributed by atoms with Gasteiger partial charge in [-0.05, 0) is 26.2 Å². The maximum Gasteiger partial charge on any atom is 0.419 e. The smallest absolute Gasteiger partial charge is 0.353 e. The van der Waals surface area contributed by atoms with Gasteiger partial charge in [-0.1, -0.05) is 0 Å². The van der Waals surface area contributed by atoms with Crippen LogP contribution in [0.25, 0.3) is 0 Å². The number of carbonyl (C=O) groups excluding carboxylic acids is 1. The summed E-state index contributed by atoms with van der Waals surface area (Å²) >= 11 is 0. The molecule has 122 valence electrons. The average molecular weight is 316 g/mol. The normalized spacial score (nSPS) is 16.3. The molecule has 2 rings (SSSR count). The summed E-state index contributed by atoms with van der Waals surface area (Å²) in [5.74, 6) is -0.0728. The number of hydrogen-bond donors (Lipinski definition) is 0. The number of likely N-dealkylation sites (N-methyl/N-ethyl adjacent to an activating group) is 1. The Hall–Kier alpha value is -1.83. The second-order valence-corrected chi connectivity index (χ2v) is 5.48. The maximum absolute atomic E-state index is 13.0. The van der Waals surface area contributed by atoms with Crippen LogP contribution in [0, 0.1) is 0 Å². The Balaban J connectivity index is 2.05. The molecule has 22 heavy (non-hydrogen) atoms. The zero-order valence-electron chi connectivity index (χ0n) is 12.6. The highest BCUT2D eigenvalue weighted by molar-refractivity contribution is 5.78. The van der Waals surface area contributed by atoms with E-state index in [2.05, 4.69) is 4.98 Å². The maximum atomic E-state index is 13.0. The Bertz CT molecular complexity index is 525. The topological polar surface area (TPSA) is 39.7 Å². The first kappa shape index (κ1) is 16.5. The van der Waals surface area contributed by atoms with Gasteiger partial charge in [-0.2, -0.15) is 13.2 Å². The molecule has 1 aliphatic rings. The molecule has 0 spiro atoms. The molecular weight excluding hydrogens is 297 g/mol. The summed E-state index contributed by atoms with van der Waals surface area (Å²) in [5.41, 5.74) is -0.733. The number of halogens is 3. The lowest BCUT2D eigenvalue weighted by molar-refractivity contribution is -0.137. The van der Waals surface area contributed by atoms with Crippen LogP contribution in [0.5, 0.6) is 0 Å². The van der Waals surface area contributed by atoms with Crippen LogP contribution in [0.4, 0.5) is 19.0 Å². The van der Waals surface area contributed by atoms with Crippen LogP contribution in [0.15, 0.2) is 18.3 Å². The van der Waals surface area contributed by atoms with Crippen molar-refractivity contribution < 1.29 is 18.0 Å². The van der Waals surface area contributed by atoms with E-state index in [1.54, 1.807) is 28.8 Å². The molecule has 8 heteroatoms. The second kappa shape index (κ2) is 6.51. The largest absolute Gasteiger partial charge is 0.419 e. The first-order chi connectivity index (χ1) is 10.3. The Labute approximate surface area is 127 Å². The predicted octanol–water partition coefficient (Wildman–Crippen LogP) is 1.31. The average Bonchev–Trinajstić information content (AvgIpc) is 2.46. The summed E-state index contributed by atoms with van der Waals surface area (Å²) in [5, 5.41) is 0. The van der Waals surface area contributed by atoms with Crippen LogP contribution in [0.1, 0.15) is 5.56 Å². The lowest BCUT2D eigenvalue weighted by Crippen LogP contribution is -2.51. The molecule has 5 nitrogen and oxygen atoms in total. The van der Waals surface area contributed by atoms with E-state index < -0.39 is 11.7 Å². The minimum absolute atomic E-state index is 0.0123. The monoisotopic (exact) mass is 316 g/mol. The third-order valence-corrected chi connectivity index (χ3v) is 3.48. The molecule has 0 aliphatic carbocycles. The number of rotatable bonds is 3. The molecule has 0 aromatic carbocycles. The van der Waals surface area contributed by atoms with Crippen LogP contribution in [0.2, 0.25) is 0 Å². The zero-order valence-corrected chi connectivity index (χ0v) is 12.6. The summed E-state index contributed by atoms with van der Waals surface area (Å²) in [6.45, 7) is 1.80. The summed E-state index contributed by atoms with van der Waals surface area (Å²) in [4.78, 5) is 20.9. The molecule has 0 radical (unpaired) electrons. The van der Waals surface area contributed by atoms with Crippen molar-refractivity contribution in [1.82, 2.24) is 14.8 Å². The third-order valence-electron chi connectivity index (χ3n) is 3.48. The first-order valence-corrected chi connectivity index (χ1v) is 6.98. The zero-order chi connectivity index (χ0) is 16.3. The lowest BCUT2D eigenvalue weighted by atomic mass is 10.2. The number of pyridine rings is 1. The fourth-order valence-corrected chi connectivity index (χ4v) is 2.41. The van der Waals surface area contributed by atoms with Crippen molar-refractivity contribution in [2.75, 3.05) is 51.7 Å². The van der Waals surface area contributed by atoms with Crippen LogP contribution < -0.4 is 4.90 Å². The molecule has 1 aliphatic heterocycles. The van der Waals surface area contributed by atoms with Crippen molar-refractivity contribution in [3.05, 3.63) is 23.9 Å². The van der Waals surface area contributed by atoms with Gasteiger partial charge in [0.15, 0.2) is 0 Å². The number of hydrogen-bond acceptors (Lipinski definition) is 4. The number of nitrogens with zero attached hydrogens (tertiary/aromatic N) is 4. The standard InChI is InChI=1S/C14H19F3N4O/c1-19(2)10-12(22)20-6-8-21(9-7-20)13-11(14(15,16)17)4-3-5-18-13/h3-5H,6-10H2,1-2H3. The summed E-state index contributed by atoms with van der Waals surface area (Å²) in [6, 6.07) is 2.31. The number of amides is 1. The van der Waals surface area contributed by atoms with E-state index in [0.717, 1.165) is 6.07 Å². The van der Waals surface area contributed by atoms with Crippen LogP contribution >= 0.6 is 0 Å². The minimum atomic E-state index is -4.43. The van der Waals surface area contributed by atoms with Crippen molar-refractivity contribution in [1.29, 1.82) is 0 Å². The summed E-state index contributed by atoms with van der Waals surface area (Å²) < 4.78 is 39.0. The van der Waals surface area contributed by atoms with E-state index in [0.29, 0.717) is 32.7 Å². The number of aromatic nitrogens is 1. The van der Waals surface area contributed by atoms with Gasteiger partial charge in [0.2, 0.25) is 5.91 Å². The van der Waals surface area contributed by atoms with E-state index in [1.807, 2.05) is 0 Å². The second-order valence-electron chi connectivity index (χ2n) is 5.48. The van der Waals surface area contributed by atoms with Gasteiger partial charge in [-0.3, -0.25) is 4.79 Å². The number of alkyl halides is 3. The highest BCUT2D eigenvalue weighted by atomic mass is 19.4. The summed E-state index contributed by atoms with van der Waals surface area (Å²) in [7, 11) is 3.61. The molecule has 0 atom stereocenters. The van der Waals surface area contributed by atoms with Gasteiger partial charge in [0.25, 0.3) is 0 Å². The van der Waals surface area contributed by atoms with Crippen LogP contribution in [-0.2, 0) is 11.0 Å². The quantitative estimate of drug-likeness (QED) is 0.843. The molecule has 2 heterocycles. The lowest BCUT2D eigenvalue weighted by Gasteiger charge is -2.36. The van der Waals surface area contributed by atoms with Crippen molar-refractivity contribution >= 4 is 11.7 Å². The van der Waals surface area contributed by atoms with Gasteiger partial charge in [-0.25, -0.2) is 4.98 Å². The fraction of sp³-hybridized carbons (Fsp3) is 0.571. The van der Waals surface area contributed by atoms with Gasteiger partial charge < -0.3 is 14.7 Å². The van der Waals surface area contributed by atoms with Crippen LogP contribution in [-0.4, -0.2) is 67.5 Å². The SMILES string of the molecule is CN(C)CC(=O)N1CCN(c2ncccc2C(F)(F)F)CC1. The van der Waals surface area contributed by atoms with Gasteiger partial charge in [0.1, 0.15) is 5.82 Å². The van der Waals surface area contributed by atoms with Crippen molar-refractivity contribution in [2.45, 2.75) is 6.18 Å². The van der Waals surface area contributed by atoms with Gasteiger partial charge in [0, 0.05) is 32.4 Å². The predicted molar refractivity (Wildman–Crippen MR) is 76.6 cm³/mol.